The lowest BCUT2D eigenvalue weighted by molar-refractivity contribution is -0.119. The summed E-state index contributed by atoms with van der Waals surface area (Å²) in [6.45, 7) is 6.32. The third-order valence-corrected chi connectivity index (χ3v) is 4.48. The van der Waals surface area contributed by atoms with Gasteiger partial charge >= 0.3 is 0 Å². The molecule has 2 amide bonds. The molecule has 2 N–H and O–H groups in total. The minimum Gasteiger partial charge on any atom is -0.379 e. The molecule has 0 atom stereocenters. The Bertz CT molecular complexity index is 766. The molecule has 0 saturated carbocycles. The maximum absolute atomic E-state index is 12.4. The minimum atomic E-state index is -0.151. The van der Waals surface area contributed by atoms with Crippen molar-refractivity contribution < 1.29 is 14.3 Å². The second-order valence-corrected chi connectivity index (χ2v) is 6.65. The average molecular weight is 367 g/mol. The van der Waals surface area contributed by atoms with Crippen molar-refractivity contribution in [2.24, 2.45) is 0 Å². The Balaban J connectivity index is 1.53. The fourth-order valence-electron chi connectivity index (χ4n) is 2.91. The number of anilines is 1. The van der Waals surface area contributed by atoms with Crippen molar-refractivity contribution in [3.63, 3.8) is 0 Å². The van der Waals surface area contributed by atoms with Crippen LogP contribution < -0.4 is 10.6 Å². The molecule has 6 nitrogen and oxygen atoms in total. The molecule has 0 radical (unpaired) electrons. The number of carbonyl (C=O) groups excluding carboxylic acids is 2. The molecule has 6 heteroatoms. The van der Waals surface area contributed by atoms with E-state index >= 15 is 0 Å². The predicted molar refractivity (Wildman–Crippen MR) is 104 cm³/mol. The summed E-state index contributed by atoms with van der Waals surface area (Å²) in [4.78, 5) is 25.7. The van der Waals surface area contributed by atoms with E-state index in [-0.39, 0.29) is 11.8 Å². The van der Waals surface area contributed by atoms with Crippen LogP contribution in [0.5, 0.6) is 0 Å². The molecule has 1 aliphatic rings. The molecule has 2 aromatic carbocycles. The van der Waals surface area contributed by atoms with Crippen molar-refractivity contribution in [2.75, 3.05) is 31.6 Å². The van der Waals surface area contributed by atoms with Crippen LogP contribution in [0.1, 0.15) is 28.4 Å². The van der Waals surface area contributed by atoms with E-state index in [0.29, 0.717) is 12.1 Å². The van der Waals surface area contributed by atoms with Crippen LogP contribution in [0.4, 0.5) is 5.69 Å². The van der Waals surface area contributed by atoms with E-state index in [0.717, 1.165) is 44.1 Å². The number of benzene rings is 2. The second-order valence-electron chi connectivity index (χ2n) is 6.65. The van der Waals surface area contributed by atoms with Crippen molar-refractivity contribution in [2.45, 2.75) is 20.0 Å². The molecule has 1 saturated heterocycles. The van der Waals surface area contributed by atoms with Gasteiger partial charge < -0.3 is 15.4 Å². The number of hydrogen-bond acceptors (Lipinski definition) is 4. The number of morpholine rings is 1. The fourth-order valence-corrected chi connectivity index (χ4v) is 2.91. The van der Waals surface area contributed by atoms with Crippen LogP contribution in [-0.2, 0) is 22.6 Å². The molecular formula is C21H25N3O3. The van der Waals surface area contributed by atoms with Gasteiger partial charge in [0.1, 0.15) is 0 Å². The highest BCUT2D eigenvalue weighted by Gasteiger charge is 2.11. The van der Waals surface area contributed by atoms with E-state index in [4.69, 9.17) is 4.74 Å². The van der Waals surface area contributed by atoms with Crippen molar-refractivity contribution >= 4 is 17.5 Å². The summed E-state index contributed by atoms with van der Waals surface area (Å²) in [7, 11) is 0. The molecule has 3 rings (SSSR count). The molecular weight excluding hydrogens is 342 g/mol. The Morgan fingerprint density at radius 3 is 2.22 bits per heavy atom. The van der Waals surface area contributed by atoms with Crippen LogP contribution in [0, 0.1) is 0 Å². The average Bonchev–Trinajstić information content (AvgIpc) is 2.69. The van der Waals surface area contributed by atoms with Gasteiger partial charge in [-0.25, -0.2) is 0 Å². The summed E-state index contributed by atoms with van der Waals surface area (Å²) in [5.41, 5.74) is 3.53. The van der Waals surface area contributed by atoms with Gasteiger partial charge in [0.2, 0.25) is 5.91 Å². The van der Waals surface area contributed by atoms with E-state index in [1.807, 2.05) is 36.4 Å². The predicted octanol–water partition coefficient (Wildman–Crippen LogP) is 2.41. The van der Waals surface area contributed by atoms with Crippen LogP contribution in [0.25, 0.3) is 0 Å². The summed E-state index contributed by atoms with van der Waals surface area (Å²) in [5.74, 6) is -0.226. The van der Waals surface area contributed by atoms with Crippen molar-refractivity contribution in [1.29, 1.82) is 0 Å². The molecule has 0 aliphatic carbocycles. The van der Waals surface area contributed by atoms with E-state index < -0.39 is 0 Å². The molecule has 142 valence electrons. The Labute approximate surface area is 159 Å². The quantitative estimate of drug-likeness (QED) is 0.823. The van der Waals surface area contributed by atoms with E-state index in [1.54, 1.807) is 12.1 Å². The number of hydrogen-bond donors (Lipinski definition) is 2. The second kappa shape index (κ2) is 9.30. The van der Waals surface area contributed by atoms with Crippen LogP contribution in [0.15, 0.2) is 48.5 Å². The normalized spacial score (nSPS) is 14.6. The van der Waals surface area contributed by atoms with E-state index in [9.17, 15) is 9.59 Å². The van der Waals surface area contributed by atoms with Crippen molar-refractivity contribution in [1.82, 2.24) is 10.2 Å². The lowest BCUT2D eigenvalue weighted by Gasteiger charge is -2.26. The highest BCUT2D eigenvalue weighted by atomic mass is 16.5. The van der Waals surface area contributed by atoms with Crippen LogP contribution in [0.3, 0.4) is 0 Å². The van der Waals surface area contributed by atoms with Gasteiger partial charge in [-0.15, -0.1) is 0 Å². The van der Waals surface area contributed by atoms with Crippen LogP contribution >= 0.6 is 0 Å². The fraction of sp³-hybridized carbons (Fsp3) is 0.333. The molecule has 0 unspecified atom stereocenters. The van der Waals surface area contributed by atoms with Gasteiger partial charge in [-0.3, -0.25) is 14.5 Å². The molecule has 0 aromatic heterocycles. The Morgan fingerprint density at radius 2 is 1.59 bits per heavy atom. The number of amides is 2. The third-order valence-electron chi connectivity index (χ3n) is 4.48. The van der Waals surface area contributed by atoms with Gasteiger partial charge in [-0.2, -0.15) is 0 Å². The highest BCUT2D eigenvalue weighted by Crippen LogP contribution is 2.14. The number of rotatable bonds is 6. The van der Waals surface area contributed by atoms with E-state index in [2.05, 4.69) is 15.5 Å². The Hall–Kier alpha value is -2.70. The largest absolute Gasteiger partial charge is 0.379 e. The standard InChI is InChI=1S/C21H25N3O3/c1-16(25)22-14-17-2-6-19(7-3-17)21(26)23-20-8-4-18(5-9-20)15-24-10-12-27-13-11-24/h2-9H,10-15H2,1H3,(H,22,25)(H,23,26). The summed E-state index contributed by atoms with van der Waals surface area (Å²) >= 11 is 0. The van der Waals surface area contributed by atoms with Gasteiger partial charge in [0.05, 0.1) is 13.2 Å². The zero-order valence-electron chi connectivity index (χ0n) is 15.5. The first-order valence-electron chi connectivity index (χ1n) is 9.14. The molecule has 2 aromatic rings. The Morgan fingerprint density at radius 1 is 0.963 bits per heavy atom. The first-order valence-corrected chi connectivity index (χ1v) is 9.14. The van der Waals surface area contributed by atoms with Gasteiger partial charge in [0, 0.05) is 44.4 Å². The molecule has 1 aliphatic heterocycles. The van der Waals surface area contributed by atoms with E-state index in [1.165, 1.54) is 12.5 Å². The van der Waals surface area contributed by atoms with Gasteiger partial charge in [-0.1, -0.05) is 24.3 Å². The molecule has 0 spiro atoms. The van der Waals surface area contributed by atoms with Gasteiger partial charge in [0.15, 0.2) is 0 Å². The smallest absolute Gasteiger partial charge is 0.255 e. The summed E-state index contributed by atoms with van der Waals surface area (Å²) in [6, 6.07) is 15.2. The zero-order valence-corrected chi connectivity index (χ0v) is 15.5. The van der Waals surface area contributed by atoms with Crippen LogP contribution in [0.2, 0.25) is 0 Å². The summed E-state index contributed by atoms with van der Waals surface area (Å²) in [6.07, 6.45) is 0. The topological polar surface area (TPSA) is 70.7 Å². The minimum absolute atomic E-state index is 0.0751. The SMILES string of the molecule is CC(=O)NCc1ccc(C(=O)Nc2ccc(CN3CCOCC3)cc2)cc1. The number of ether oxygens (including phenoxy) is 1. The monoisotopic (exact) mass is 367 g/mol. The number of nitrogens with zero attached hydrogens (tertiary/aromatic N) is 1. The summed E-state index contributed by atoms with van der Waals surface area (Å²) in [5, 5.41) is 5.65. The summed E-state index contributed by atoms with van der Waals surface area (Å²) < 4.78 is 5.37. The van der Waals surface area contributed by atoms with Gasteiger partial charge in [0.25, 0.3) is 5.91 Å². The Kier molecular flexibility index (Phi) is 6.57. The number of carbonyl (C=O) groups is 2. The highest BCUT2D eigenvalue weighted by molar-refractivity contribution is 6.04. The maximum Gasteiger partial charge on any atom is 0.255 e. The third kappa shape index (κ3) is 5.91. The molecule has 1 heterocycles. The first kappa shape index (κ1) is 19.1. The van der Waals surface area contributed by atoms with Crippen molar-refractivity contribution in [3.8, 4) is 0 Å². The van der Waals surface area contributed by atoms with Gasteiger partial charge in [-0.05, 0) is 35.4 Å². The lowest BCUT2D eigenvalue weighted by atomic mass is 10.1. The first-order chi connectivity index (χ1) is 13.1. The lowest BCUT2D eigenvalue weighted by Crippen LogP contribution is -2.35. The zero-order chi connectivity index (χ0) is 19.1. The van der Waals surface area contributed by atoms with Crippen molar-refractivity contribution in [3.05, 3.63) is 65.2 Å². The van der Waals surface area contributed by atoms with Crippen LogP contribution in [-0.4, -0.2) is 43.0 Å². The maximum atomic E-state index is 12.4. The molecule has 1 fully saturated rings. The molecule has 0 bridgehead atoms. The number of nitrogens with one attached hydrogen (secondary N) is 2. The molecule has 27 heavy (non-hydrogen) atoms.